The standard InChI is InChI=1S/C13H12ClNO2/c1-8-2-5-11(16-8)13-7-15-10-4-3-9(14)6-12(10)17-13/h2-6,13,15H,7H2,1H3. The number of fused-ring (bicyclic) bond motifs is 1. The van der Waals surface area contributed by atoms with E-state index in [1.807, 2.05) is 37.3 Å². The molecule has 0 fully saturated rings. The van der Waals surface area contributed by atoms with Crippen LogP contribution in [0.25, 0.3) is 0 Å². The Morgan fingerprint density at radius 2 is 2.18 bits per heavy atom. The summed E-state index contributed by atoms with van der Waals surface area (Å²) in [6, 6.07) is 9.45. The van der Waals surface area contributed by atoms with Crippen molar-refractivity contribution in [2.24, 2.45) is 0 Å². The maximum Gasteiger partial charge on any atom is 0.173 e. The molecule has 1 aromatic carbocycles. The van der Waals surface area contributed by atoms with E-state index in [0.29, 0.717) is 11.6 Å². The molecule has 0 bridgehead atoms. The van der Waals surface area contributed by atoms with Gasteiger partial charge in [0.25, 0.3) is 0 Å². The third-order valence-electron chi connectivity index (χ3n) is 2.77. The lowest BCUT2D eigenvalue weighted by atomic mass is 10.2. The molecular weight excluding hydrogens is 238 g/mol. The van der Waals surface area contributed by atoms with Crippen molar-refractivity contribution in [2.75, 3.05) is 11.9 Å². The first-order chi connectivity index (χ1) is 8.22. The second-order valence-corrected chi connectivity index (χ2v) is 4.51. The second-order valence-electron chi connectivity index (χ2n) is 4.08. The zero-order valence-electron chi connectivity index (χ0n) is 9.37. The Kier molecular flexibility index (Phi) is 2.48. The second kappa shape index (κ2) is 4.00. The zero-order chi connectivity index (χ0) is 11.8. The van der Waals surface area contributed by atoms with E-state index in [0.717, 1.165) is 23.0 Å². The number of aryl methyl sites for hydroxylation is 1. The number of anilines is 1. The molecule has 0 amide bonds. The van der Waals surface area contributed by atoms with Crippen molar-refractivity contribution >= 4 is 17.3 Å². The molecule has 17 heavy (non-hydrogen) atoms. The molecule has 1 N–H and O–H groups in total. The molecule has 0 saturated carbocycles. The third-order valence-corrected chi connectivity index (χ3v) is 3.00. The van der Waals surface area contributed by atoms with Crippen LogP contribution in [0.5, 0.6) is 5.75 Å². The Balaban J connectivity index is 1.89. The first-order valence-corrected chi connectivity index (χ1v) is 5.86. The molecule has 88 valence electrons. The molecule has 1 unspecified atom stereocenters. The number of hydrogen-bond acceptors (Lipinski definition) is 3. The van der Waals surface area contributed by atoms with Crippen molar-refractivity contribution in [3.63, 3.8) is 0 Å². The number of benzene rings is 1. The van der Waals surface area contributed by atoms with Crippen molar-refractivity contribution in [3.8, 4) is 5.75 Å². The van der Waals surface area contributed by atoms with Gasteiger partial charge in [-0.2, -0.15) is 0 Å². The molecule has 0 spiro atoms. The summed E-state index contributed by atoms with van der Waals surface area (Å²) in [6.45, 7) is 2.62. The van der Waals surface area contributed by atoms with Crippen molar-refractivity contribution in [3.05, 3.63) is 46.9 Å². The highest BCUT2D eigenvalue weighted by Gasteiger charge is 2.23. The quantitative estimate of drug-likeness (QED) is 0.835. The van der Waals surface area contributed by atoms with E-state index < -0.39 is 0 Å². The van der Waals surface area contributed by atoms with Crippen LogP contribution in [0.15, 0.2) is 34.7 Å². The van der Waals surface area contributed by atoms with Gasteiger partial charge in [-0.1, -0.05) is 11.6 Å². The van der Waals surface area contributed by atoms with Crippen molar-refractivity contribution in [1.29, 1.82) is 0 Å². The van der Waals surface area contributed by atoms with Crippen LogP contribution in [0.1, 0.15) is 17.6 Å². The van der Waals surface area contributed by atoms with Gasteiger partial charge >= 0.3 is 0 Å². The van der Waals surface area contributed by atoms with Gasteiger partial charge in [0.15, 0.2) is 6.10 Å². The molecule has 1 aliphatic heterocycles. The minimum absolute atomic E-state index is 0.102. The topological polar surface area (TPSA) is 34.4 Å². The molecule has 0 radical (unpaired) electrons. The van der Waals surface area contributed by atoms with Gasteiger partial charge in [-0.15, -0.1) is 0 Å². The summed E-state index contributed by atoms with van der Waals surface area (Å²) in [4.78, 5) is 0. The van der Waals surface area contributed by atoms with Gasteiger partial charge in [-0.3, -0.25) is 0 Å². The molecule has 1 aromatic heterocycles. The predicted octanol–water partition coefficient (Wildman–Crippen LogP) is 3.79. The highest BCUT2D eigenvalue weighted by Crippen LogP contribution is 2.36. The number of rotatable bonds is 1. The van der Waals surface area contributed by atoms with E-state index >= 15 is 0 Å². The Morgan fingerprint density at radius 1 is 1.29 bits per heavy atom. The number of halogens is 1. The average Bonchev–Trinajstić information content (AvgIpc) is 2.75. The summed E-state index contributed by atoms with van der Waals surface area (Å²) in [5.74, 6) is 2.49. The molecule has 0 saturated heterocycles. The summed E-state index contributed by atoms with van der Waals surface area (Å²) in [7, 11) is 0. The Bertz CT molecular complexity index is 550. The van der Waals surface area contributed by atoms with Crippen LogP contribution in [0.4, 0.5) is 5.69 Å². The van der Waals surface area contributed by atoms with Crippen molar-refractivity contribution < 1.29 is 9.15 Å². The molecular formula is C13H12ClNO2. The fourth-order valence-corrected chi connectivity index (χ4v) is 2.08. The number of ether oxygens (including phenoxy) is 1. The lowest BCUT2D eigenvalue weighted by Gasteiger charge is -2.26. The maximum atomic E-state index is 5.94. The van der Waals surface area contributed by atoms with E-state index in [9.17, 15) is 0 Å². The maximum absolute atomic E-state index is 5.94. The fourth-order valence-electron chi connectivity index (χ4n) is 1.92. The van der Waals surface area contributed by atoms with Gasteiger partial charge in [0.2, 0.25) is 0 Å². The smallest absolute Gasteiger partial charge is 0.173 e. The zero-order valence-corrected chi connectivity index (χ0v) is 10.1. The number of furan rings is 1. The van der Waals surface area contributed by atoms with E-state index in [-0.39, 0.29) is 6.10 Å². The highest BCUT2D eigenvalue weighted by molar-refractivity contribution is 6.30. The molecule has 3 nitrogen and oxygen atoms in total. The summed E-state index contributed by atoms with van der Waals surface area (Å²) < 4.78 is 11.4. The molecule has 2 aromatic rings. The lowest BCUT2D eigenvalue weighted by Crippen LogP contribution is -2.23. The Labute approximate surface area is 104 Å². The van der Waals surface area contributed by atoms with Crippen LogP contribution in [-0.2, 0) is 0 Å². The van der Waals surface area contributed by atoms with Crippen LogP contribution < -0.4 is 10.1 Å². The van der Waals surface area contributed by atoms with Crippen LogP contribution in [-0.4, -0.2) is 6.54 Å². The molecule has 0 aliphatic carbocycles. The van der Waals surface area contributed by atoms with E-state index in [4.69, 9.17) is 20.8 Å². The van der Waals surface area contributed by atoms with Crippen molar-refractivity contribution in [1.82, 2.24) is 0 Å². The molecule has 2 heterocycles. The fraction of sp³-hybridized carbons (Fsp3) is 0.231. The van der Waals surface area contributed by atoms with E-state index in [1.54, 1.807) is 0 Å². The van der Waals surface area contributed by atoms with E-state index in [1.165, 1.54) is 0 Å². The van der Waals surface area contributed by atoms with Gasteiger partial charge in [0, 0.05) is 11.1 Å². The van der Waals surface area contributed by atoms with Crippen LogP contribution in [0, 0.1) is 6.92 Å². The lowest BCUT2D eigenvalue weighted by molar-refractivity contribution is 0.179. The van der Waals surface area contributed by atoms with Gasteiger partial charge in [-0.25, -0.2) is 0 Å². The minimum Gasteiger partial charge on any atom is -0.478 e. The predicted molar refractivity (Wildman–Crippen MR) is 66.8 cm³/mol. The summed E-state index contributed by atoms with van der Waals surface area (Å²) in [5, 5.41) is 3.97. The third kappa shape index (κ3) is 1.98. The largest absolute Gasteiger partial charge is 0.478 e. The summed E-state index contributed by atoms with van der Waals surface area (Å²) >= 11 is 5.94. The number of nitrogens with one attached hydrogen (secondary N) is 1. The summed E-state index contributed by atoms with van der Waals surface area (Å²) in [6.07, 6.45) is -0.102. The monoisotopic (exact) mass is 249 g/mol. The molecule has 4 heteroatoms. The van der Waals surface area contributed by atoms with Gasteiger partial charge in [0.05, 0.1) is 12.2 Å². The van der Waals surface area contributed by atoms with Crippen LogP contribution in [0.2, 0.25) is 5.02 Å². The van der Waals surface area contributed by atoms with E-state index in [2.05, 4.69) is 5.32 Å². The normalized spacial score (nSPS) is 18.1. The van der Waals surface area contributed by atoms with Gasteiger partial charge in [0.1, 0.15) is 17.3 Å². The Morgan fingerprint density at radius 3 is 2.94 bits per heavy atom. The van der Waals surface area contributed by atoms with Crippen LogP contribution >= 0.6 is 11.6 Å². The average molecular weight is 250 g/mol. The number of hydrogen-bond donors (Lipinski definition) is 1. The molecule has 3 rings (SSSR count). The van der Waals surface area contributed by atoms with Gasteiger partial charge < -0.3 is 14.5 Å². The molecule has 1 aliphatic rings. The first-order valence-electron chi connectivity index (χ1n) is 5.49. The van der Waals surface area contributed by atoms with Crippen molar-refractivity contribution in [2.45, 2.75) is 13.0 Å². The minimum atomic E-state index is -0.102. The first kappa shape index (κ1) is 10.5. The summed E-state index contributed by atoms with van der Waals surface area (Å²) in [5.41, 5.74) is 0.967. The SMILES string of the molecule is Cc1ccc(C2CNc3ccc(Cl)cc3O2)o1. The highest BCUT2D eigenvalue weighted by atomic mass is 35.5. The van der Waals surface area contributed by atoms with Gasteiger partial charge in [-0.05, 0) is 31.2 Å². The van der Waals surface area contributed by atoms with Crippen LogP contribution in [0.3, 0.4) is 0 Å². The molecule has 1 atom stereocenters. The Hall–Kier alpha value is -1.61.